The number of fused-ring (bicyclic) bond motifs is 1. The van der Waals surface area contributed by atoms with Crippen molar-refractivity contribution in [3.05, 3.63) is 90.6 Å². The second kappa shape index (κ2) is 8.04. The molecule has 1 aliphatic heterocycles. The minimum absolute atomic E-state index is 0.0109. The lowest BCUT2D eigenvalue weighted by Gasteiger charge is -2.36. The van der Waals surface area contributed by atoms with E-state index in [9.17, 15) is 23.3 Å². The van der Waals surface area contributed by atoms with Crippen LogP contribution in [-0.2, 0) is 16.4 Å². The number of nitrogens with two attached hydrogens (primary N) is 1. The molecule has 3 aromatic rings. The molecule has 8 nitrogen and oxygen atoms in total. The van der Waals surface area contributed by atoms with Gasteiger partial charge < -0.3 is 4.90 Å². The van der Waals surface area contributed by atoms with Crippen molar-refractivity contribution in [1.29, 1.82) is 0 Å². The Morgan fingerprint density at radius 3 is 2.55 bits per heavy atom. The van der Waals surface area contributed by atoms with E-state index in [-0.39, 0.29) is 5.56 Å². The maximum Gasteiger partial charge on any atom is 0.290 e. The lowest BCUT2D eigenvalue weighted by molar-refractivity contribution is -0.387. The summed E-state index contributed by atoms with van der Waals surface area (Å²) in [6.07, 6.45) is 0.653. The van der Waals surface area contributed by atoms with Crippen LogP contribution in [0.3, 0.4) is 0 Å². The highest BCUT2D eigenvalue weighted by Gasteiger charge is 2.34. The van der Waals surface area contributed by atoms with E-state index in [0.29, 0.717) is 18.0 Å². The Bertz CT molecular complexity index is 1290. The Labute approximate surface area is 187 Å². The number of hydrogen-bond donors (Lipinski definition) is 1. The number of nitrogens with zero attached hydrogens (tertiary/aromatic N) is 2. The Kier molecular flexibility index (Phi) is 5.56. The van der Waals surface area contributed by atoms with Gasteiger partial charge in [0, 0.05) is 28.1 Å². The molecule has 1 aliphatic rings. The fraction of sp³-hybridized carbons (Fsp3) is 0.150. The number of nitro benzene ring substituents is 1. The molecule has 4 rings (SSSR count). The third-order valence-corrected chi connectivity index (χ3v) is 7.33. The smallest absolute Gasteiger partial charge is 0.290 e. The van der Waals surface area contributed by atoms with Crippen LogP contribution in [0, 0.1) is 10.1 Å². The zero-order valence-electron chi connectivity index (χ0n) is 15.9. The molecule has 11 heteroatoms. The van der Waals surface area contributed by atoms with Gasteiger partial charge in [0.25, 0.3) is 11.6 Å². The summed E-state index contributed by atoms with van der Waals surface area (Å²) in [4.78, 5) is 26.1. The Morgan fingerprint density at radius 1 is 1.19 bits per heavy atom. The number of rotatable bonds is 4. The molecule has 2 N–H and O–H groups in total. The van der Waals surface area contributed by atoms with Crippen LogP contribution in [0.15, 0.2) is 58.8 Å². The third kappa shape index (κ3) is 4.07. The summed E-state index contributed by atoms with van der Waals surface area (Å²) in [5.41, 5.74) is 1.12. The number of sulfonamides is 1. The number of halogens is 1. The van der Waals surface area contributed by atoms with E-state index in [0.717, 1.165) is 23.3 Å². The summed E-state index contributed by atoms with van der Waals surface area (Å²) in [6, 6.07) is 11.9. The van der Waals surface area contributed by atoms with E-state index in [1.807, 2.05) is 23.6 Å². The number of benzene rings is 2. The second-order valence-electron chi connectivity index (χ2n) is 6.99. The maximum atomic E-state index is 13.4. The van der Waals surface area contributed by atoms with Gasteiger partial charge in [-0.25, -0.2) is 13.6 Å². The first-order valence-electron chi connectivity index (χ1n) is 9.11. The quantitative estimate of drug-likeness (QED) is 0.452. The molecule has 0 aliphatic carbocycles. The molecule has 1 atom stereocenters. The molecule has 0 saturated carbocycles. The van der Waals surface area contributed by atoms with Gasteiger partial charge in [-0.1, -0.05) is 23.7 Å². The van der Waals surface area contributed by atoms with E-state index in [1.54, 1.807) is 28.4 Å². The highest BCUT2D eigenvalue weighted by atomic mass is 35.5. The van der Waals surface area contributed by atoms with Gasteiger partial charge in [0.1, 0.15) is 0 Å². The summed E-state index contributed by atoms with van der Waals surface area (Å²) in [5, 5.41) is 19.0. The Morgan fingerprint density at radius 2 is 1.90 bits per heavy atom. The molecule has 1 amide bonds. The van der Waals surface area contributed by atoms with Gasteiger partial charge in [0.15, 0.2) is 4.90 Å². The van der Waals surface area contributed by atoms with Crippen LogP contribution < -0.4 is 5.14 Å². The fourth-order valence-electron chi connectivity index (χ4n) is 3.74. The van der Waals surface area contributed by atoms with Gasteiger partial charge in [0.2, 0.25) is 10.0 Å². The molecule has 0 saturated heterocycles. The van der Waals surface area contributed by atoms with Gasteiger partial charge in [-0.05, 0) is 53.3 Å². The molecular formula is C20H16ClN3O5S2. The predicted octanol–water partition coefficient (Wildman–Crippen LogP) is 3.75. The van der Waals surface area contributed by atoms with Crippen LogP contribution in [-0.4, -0.2) is 30.7 Å². The van der Waals surface area contributed by atoms with Crippen LogP contribution >= 0.6 is 22.9 Å². The summed E-state index contributed by atoms with van der Waals surface area (Å²) in [5.74, 6) is -0.444. The maximum absolute atomic E-state index is 13.4. The Hall–Kier alpha value is -2.79. The average Bonchev–Trinajstić information content (AvgIpc) is 3.21. The predicted molar refractivity (Wildman–Crippen MR) is 117 cm³/mol. The third-order valence-electron chi connectivity index (χ3n) is 5.12. The molecule has 2 aromatic carbocycles. The van der Waals surface area contributed by atoms with Crippen molar-refractivity contribution < 1.29 is 18.1 Å². The molecule has 31 heavy (non-hydrogen) atoms. The zero-order chi connectivity index (χ0) is 22.3. The van der Waals surface area contributed by atoms with E-state index in [4.69, 9.17) is 16.7 Å². The molecule has 0 spiro atoms. The van der Waals surface area contributed by atoms with Gasteiger partial charge in [-0.2, -0.15) is 0 Å². The van der Waals surface area contributed by atoms with Crippen molar-refractivity contribution in [2.24, 2.45) is 5.14 Å². The highest BCUT2D eigenvalue weighted by molar-refractivity contribution is 7.89. The number of thiophene rings is 1. The normalized spacial score (nSPS) is 16.1. The van der Waals surface area contributed by atoms with Crippen LogP contribution in [0.1, 0.15) is 32.4 Å². The molecule has 160 valence electrons. The van der Waals surface area contributed by atoms with E-state index >= 15 is 0 Å². The number of amides is 1. The first-order chi connectivity index (χ1) is 14.7. The van der Waals surface area contributed by atoms with Crippen LogP contribution in [0.25, 0.3) is 0 Å². The summed E-state index contributed by atoms with van der Waals surface area (Å²) >= 11 is 7.64. The van der Waals surface area contributed by atoms with E-state index in [2.05, 4.69) is 0 Å². The molecule has 2 heterocycles. The number of hydrogen-bond acceptors (Lipinski definition) is 6. The van der Waals surface area contributed by atoms with Gasteiger partial charge in [0.05, 0.1) is 11.0 Å². The highest BCUT2D eigenvalue weighted by Crippen LogP contribution is 2.39. The summed E-state index contributed by atoms with van der Waals surface area (Å²) in [7, 11) is -4.31. The SMILES string of the molecule is NS(=O)(=O)c1ccc(C(=O)N2CCc3sccc3C2c2ccc(Cl)cc2)cc1[N+](=O)[O-]. The fourth-order valence-corrected chi connectivity index (χ4v) is 5.45. The molecule has 1 aromatic heterocycles. The first-order valence-corrected chi connectivity index (χ1v) is 11.9. The average molecular weight is 478 g/mol. The van der Waals surface area contributed by atoms with Crippen molar-refractivity contribution in [3.8, 4) is 0 Å². The number of carbonyl (C=O) groups is 1. The van der Waals surface area contributed by atoms with E-state index in [1.165, 1.54) is 10.9 Å². The Balaban J connectivity index is 1.79. The molecule has 0 bridgehead atoms. The minimum atomic E-state index is -4.31. The monoisotopic (exact) mass is 477 g/mol. The standard InChI is InChI=1S/C20H16ClN3O5S2/c21-14-4-1-12(2-5-14)19-15-8-10-30-17(15)7-9-23(19)20(25)13-3-6-18(31(22,28)29)16(11-13)24(26)27/h1-6,8,10-11,19H,7,9H2,(H2,22,28,29). The summed E-state index contributed by atoms with van der Waals surface area (Å²) in [6.45, 7) is 0.407. The van der Waals surface area contributed by atoms with Gasteiger partial charge >= 0.3 is 0 Å². The van der Waals surface area contributed by atoms with Crippen LogP contribution in [0.2, 0.25) is 5.02 Å². The van der Waals surface area contributed by atoms with Gasteiger partial charge in [-0.3, -0.25) is 14.9 Å². The number of primary sulfonamides is 1. The van der Waals surface area contributed by atoms with Crippen molar-refractivity contribution in [1.82, 2.24) is 4.90 Å². The first kappa shape index (κ1) is 21.4. The van der Waals surface area contributed by atoms with Gasteiger partial charge in [-0.15, -0.1) is 11.3 Å². The van der Waals surface area contributed by atoms with Crippen molar-refractivity contribution in [3.63, 3.8) is 0 Å². The minimum Gasteiger partial charge on any atom is -0.327 e. The molecule has 0 radical (unpaired) electrons. The lowest BCUT2D eigenvalue weighted by atomic mass is 9.92. The zero-order valence-corrected chi connectivity index (χ0v) is 18.3. The largest absolute Gasteiger partial charge is 0.327 e. The number of nitro groups is 1. The number of carbonyl (C=O) groups excluding carboxylic acids is 1. The molecular weight excluding hydrogens is 462 g/mol. The van der Waals surface area contributed by atoms with Crippen molar-refractivity contribution in [2.45, 2.75) is 17.4 Å². The van der Waals surface area contributed by atoms with Crippen molar-refractivity contribution >= 4 is 44.6 Å². The second-order valence-corrected chi connectivity index (χ2v) is 9.95. The van der Waals surface area contributed by atoms with Crippen LogP contribution in [0.4, 0.5) is 5.69 Å². The summed E-state index contributed by atoms with van der Waals surface area (Å²) < 4.78 is 23.4. The molecule has 1 unspecified atom stereocenters. The lowest BCUT2D eigenvalue weighted by Crippen LogP contribution is -2.40. The van der Waals surface area contributed by atoms with Crippen LogP contribution in [0.5, 0.6) is 0 Å². The van der Waals surface area contributed by atoms with E-state index < -0.39 is 37.5 Å². The van der Waals surface area contributed by atoms with Crippen molar-refractivity contribution in [2.75, 3.05) is 6.54 Å². The molecule has 0 fully saturated rings. The topological polar surface area (TPSA) is 124 Å².